The SMILES string of the molecule is O=C(O)C(Oc1ccc(Cl)c(Cl)c1Cl)Oc1ccc(Cl)c(Cl)c1Cl. The minimum atomic E-state index is -1.77. The number of halogens is 6. The van der Waals surface area contributed by atoms with Crippen molar-refractivity contribution in [1.29, 1.82) is 0 Å². The lowest BCUT2D eigenvalue weighted by Crippen LogP contribution is -2.33. The van der Waals surface area contributed by atoms with E-state index < -0.39 is 12.3 Å². The summed E-state index contributed by atoms with van der Waals surface area (Å²) in [6.07, 6.45) is -1.77. The van der Waals surface area contributed by atoms with Crippen LogP contribution >= 0.6 is 69.6 Å². The van der Waals surface area contributed by atoms with Crippen LogP contribution in [0, 0.1) is 0 Å². The van der Waals surface area contributed by atoms with Crippen LogP contribution in [0.25, 0.3) is 0 Å². The first-order chi connectivity index (χ1) is 11.2. The van der Waals surface area contributed by atoms with Crippen molar-refractivity contribution in [3.05, 3.63) is 54.4 Å². The minimum absolute atomic E-state index is 0.0209. The predicted molar refractivity (Wildman–Crippen MR) is 95.6 cm³/mol. The van der Waals surface area contributed by atoms with E-state index in [0.29, 0.717) is 0 Å². The Hall–Kier alpha value is -0.750. The van der Waals surface area contributed by atoms with Crippen LogP contribution in [0.4, 0.5) is 0 Å². The summed E-state index contributed by atoms with van der Waals surface area (Å²) in [5, 5.41) is 9.58. The third-order valence-corrected chi connectivity index (χ3v) is 5.22. The molecule has 0 saturated carbocycles. The molecule has 2 rings (SSSR count). The number of carboxylic acid groups (broad SMARTS) is 1. The van der Waals surface area contributed by atoms with Crippen LogP contribution in [-0.2, 0) is 4.79 Å². The van der Waals surface area contributed by atoms with Crippen LogP contribution in [0.1, 0.15) is 0 Å². The third-order valence-electron chi connectivity index (χ3n) is 2.67. The molecule has 0 aromatic heterocycles. The highest BCUT2D eigenvalue weighted by atomic mass is 35.5. The van der Waals surface area contributed by atoms with Crippen LogP contribution in [0.3, 0.4) is 0 Å². The molecule has 2 aromatic rings. The van der Waals surface area contributed by atoms with Gasteiger partial charge in [-0.1, -0.05) is 69.6 Å². The lowest BCUT2D eigenvalue weighted by Gasteiger charge is -2.19. The number of hydrogen-bond donors (Lipinski definition) is 1. The molecule has 0 unspecified atom stereocenters. The van der Waals surface area contributed by atoms with Crippen molar-refractivity contribution < 1.29 is 19.4 Å². The van der Waals surface area contributed by atoms with Crippen molar-refractivity contribution in [2.24, 2.45) is 0 Å². The molecular formula is C14H6Cl6O4. The van der Waals surface area contributed by atoms with Crippen molar-refractivity contribution in [3.8, 4) is 11.5 Å². The Morgan fingerprint density at radius 2 is 1.12 bits per heavy atom. The summed E-state index contributed by atoms with van der Waals surface area (Å²) in [5.74, 6) is -1.50. The number of aliphatic carboxylic acids is 1. The summed E-state index contributed by atoms with van der Waals surface area (Å²) >= 11 is 35.3. The van der Waals surface area contributed by atoms with E-state index in [1.807, 2.05) is 0 Å². The van der Waals surface area contributed by atoms with Gasteiger partial charge in [0.2, 0.25) is 0 Å². The second kappa shape index (κ2) is 8.09. The van der Waals surface area contributed by atoms with Crippen molar-refractivity contribution in [2.45, 2.75) is 6.29 Å². The monoisotopic (exact) mass is 448 g/mol. The predicted octanol–water partition coefficient (Wildman–Crippen LogP) is 6.48. The minimum Gasteiger partial charge on any atom is -0.476 e. The Kier molecular flexibility index (Phi) is 6.59. The van der Waals surface area contributed by atoms with Crippen LogP contribution in [0.2, 0.25) is 30.1 Å². The molecule has 0 bridgehead atoms. The zero-order valence-corrected chi connectivity index (χ0v) is 15.9. The number of ether oxygens (including phenoxy) is 2. The van der Waals surface area contributed by atoms with Crippen molar-refractivity contribution in [1.82, 2.24) is 0 Å². The van der Waals surface area contributed by atoms with Gasteiger partial charge in [-0.15, -0.1) is 0 Å². The standard InChI is InChI=1S/C14H6Cl6O4/c15-5-1-3-7(11(19)9(5)17)23-14(13(21)22)24-8-4-2-6(16)10(18)12(8)20/h1-4,14H,(H,21,22). The van der Waals surface area contributed by atoms with Crippen LogP contribution in [-0.4, -0.2) is 17.4 Å². The highest BCUT2D eigenvalue weighted by Crippen LogP contribution is 2.39. The van der Waals surface area contributed by atoms with Gasteiger partial charge in [-0.25, -0.2) is 4.79 Å². The van der Waals surface area contributed by atoms with Gasteiger partial charge in [0.25, 0.3) is 0 Å². The number of rotatable bonds is 5. The fourth-order valence-electron chi connectivity index (χ4n) is 1.55. The van der Waals surface area contributed by atoms with Crippen molar-refractivity contribution in [3.63, 3.8) is 0 Å². The Labute approximate surface area is 166 Å². The van der Waals surface area contributed by atoms with E-state index in [9.17, 15) is 9.90 Å². The summed E-state index contributed by atoms with van der Waals surface area (Å²) in [6.45, 7) is 0. The van der Waals surface area contributed by atoms with Gasteiger partial charge in [0.05, 0.1) is 20.1 Å². The normalized spacial score (nSPS) is 10.8. The van der Waals surface area contributed by atoms with Gasteiger partial charge >= 0.3 is 12.3 Å². The molecule has 0 aliphatic rings. The molecule has 0 heterocycles. The first-order valence-electron chi connectivity index (χ1n) is 6.05. The van der Waals surface area contributed by atoms with E-state index in [0.717, 1.165) is 0 Å². The molecular weight excluding hydrogens is 445 g/mol. The molecule has 0 aliphatic heterocycles. The van der Waals surface area contributed by atoms with Crippen LogP contribution in [0.5, 0.6) is 11.5 Å². The fraction of sp³-hybridized carbons (Fsp3) is 0.0714. The first-order valence-corrected chi connectivity index (χ1v) is 8.32. The molecule has 24 heavy (non-hydrogen) atoms. The Morgan fingerprint density at radius 3 is 1.46 bits per heavy atom. The summed E-state index contributed by atoms with van der Waals surface area (Å²) in [7, 11) is 0. The molecule has 1 N–H and O–H groups in total. The molecule has 4 nitrogen and oxygen atoms in total. The van der Waals surface area contributed by atoms with E-state index in [1.54, 1.807) is 0 Å². The summed E-state index contributed by atoms with van der Waals surface area (Å²) < 4.78 is 10.5. The van der Waals surface area contributed by atoms with Crippen molar-refractivity contribution >= 4 is 75.6 Å². The summed E-state index contributed by atoms with van der Waals surface area (Å²) in [4.78, 5) is 11.4. The van der Waals surface area contributed by atoms with E-state index in [-0.39, 0.29) is 41.6 Å². The fourth-order valence-corrected chi connectivity index (χ4v) is 2.70. The van der Waals surface area contributed by atoms with Crippen LogP contribution in [0.15, 0.2) is 24.3 Å². The maximum absolute atomic E-state index is 11.4. The lowest BCUT2D eigenvalue weighted by molar-refractivity contribution is -0.158. The molecule has 0 fully saturated rings. The van der Waals surface area contributed by atoms with E-state index in [1.165, 1.54) is 24.3 Å². The molecule has 0 amide bonds. The first kappa shape index (κ1) is 19.6. The van der Waals surface area contributed by atoms with Gasteiger partial charge in [0.15, 0.2) is 0 Å². The Morgan fingerprint density at radius 1 is 0.750 bits per heavy atom. The maximum Gasteiger partial charge on any atom is 0.387 e. The summed E-state index contributed by atoms with van der Waals surface area (Å²) in [6, 6.07) is 5.50. The van der Waals surface area contributed by atoms with Gasteiger partial charge in [0, 0.05) is 0 Å². The number of carbonyl (C=O) groups is 1. The van der Waals surface area contributed by atoms with Gasteiger partial charge in [-0.05, 0) is 24.3 Å². The van der Waals surface area contributed by atoms with Gasteiger partial charge in [-0.3, -0.25) is 0 Å². The maximum atomic E-state index is 11.4. The van der Waals surface area contributed by atoms with E-state index in [4.69, 9.17) is 79.1 Å². The topological polar surface area (TPSA) is 55.8 Å². The molecule has 0 radical (unpaired) electrons. The molecule has 0 saturated heterocycles. The highest BCUT2D eigenvalue weighted by Gasteiger charge is 2.25. The molecule has 128 valence electrons. The highest BCUT2D eigenvalue weighted by molar-refractivity contribution is 6.49. The van der Waals surface area contributed by atoms with Gasteiger partial charge in [0.1, 0.15) is 21.5 Å². The molecule has 0 spiro atoms. The molecule has 2 aromatic carbocycles. The molecule has 0 atom stereocenters. The number of benzene rings is 2. The van der Waals surface area contributed by atoms with Crippen molar-refractivity contribution in [2.75, 3.05) is 0 Å². The smallest absolute Gasteiger partial charge is 0.387 e. The largest absolute Gasteiger partial charge is 0.476 e. The average Bonchev–Trinajstić information content (AvgIpc) is 2.54. The Bertz CT molecular complexity index is 736. The second-order valence-electron chi connectivity index (χ2n) is 4.25. The van der Waals surface area contributed by atoms with E-state index >= 15 is 0 Å². The molecule has 0 aliphatic carbocycles. The number of hydrogen-bond acceptors (Lipinski definition) is 3. The molecule has 10 heteroatoms. The average molecular weight is 451 g/mol. The lowest BCUT2D eigenvalue weighted by atomic mass is 10.3. The van der Waals surface area contributed by atoms with Gasteiger partial charge < -0.3 is 14.6 Å². The van der Waals surface area contributed by atoms with Gasteiger partial charge in [-0.2, -0.15) is 0 Å². The third kappa shape index (κ3) is 4.26. The zero-order chi connectivity index (χ0) is 18.0. The zero-order valence-electron chi connectivity index (χ0n) is 11.3. The van der Waals surface area contributed by atoms with Crippen LogP contribution < -0.4 is 9.47 Å². The van der Waals surface area contributed by atoms with E-state index in [2.05, 4.69) is 0 Å². The second-order valence-corrected chi connectivity index (χ2v) is 6.58. The number of carboxylic acids is 1. The Balaban J connectivity index is 2.30. The quantitative estimate of drug-likeness (QED) is 0.418. The summed E-state index contributed by atoms with van der Waals surface area (Å²) in [5.41, 5.74) is 0.